The van der Waals surface area contributed by atoms with Crippen LogP contribution in [-0.2, 0) is 12.8 Å². The Balaban J connectivity index is 1.84. The molecule has 1 amide bonds. The standard InChI is InChI=1S/C18H28N2O2/c1-12-7-5-6-10-20(12)17(21)16-14-11-13(18(2,3)4)8-9-15(14)22-19-16/h12-13H,5-11H2,1-4H3/t12-,13-/m0/s1. The minimum absolute atomic E-state index is 0.0757. The average Bonchev–Trinajstić information content (AvgIpc) is 2.89. The summed E-state index contributed by atoms with van der Waals surface area (Å²) in [5, 5.41) is 4.16. The van der Waals surface area contributed by atoms with Gasteiger partial charge in [-0.2, -0.15) is 0 Å². The zero-order valence-corrected chi connectivity index (χ0v) is 14.3. The van der Waals surface area contributed by atoms with Gasteiger partial charge in [0.05, 0.1) is 0 Å². The third kappa shape index (κ3) is 2.80. The number of carbonyl (C=O) groups excluding carboxylic acids is 1. The van der Waals surface area contributed by atoms with Crippen molar-refractivity contribution in [2.24, 2.45) is 11.3 Å². The summed E-state index contributed by atoms with van der Waals surface area (Å²) >= 11 is 0. The molecule has 0 spiro atoms. The Kier molecular flexibility index (Phi) is 4.04. The van der Waals surface area contributed by atoms with Crippen molar-refractivity contribution in [2.75, 3.05) is 6.54 Å². The molecule has 2 aliphatic rings. The van der Waals surface area contributed by atoms with Crippen LogP contribution in [0.4, 0.5) is 0 Å². The van der Waals surface area contributed by atoms with Gasteiger partial charge in [0, 0.05) is 24.6 Å². The van der Waals surface area contributed by atoms with E-state index >= 15 is 0 Å². The Labute approximate surface area is 133 Å². The highest BCUT2D eigenvalue weighted by molar-refractivity contribution is 5.94. The van der Waals surface area contributed by atoms with E-state index in [4.69, 9.17) is 4.52 Å². The molecule has 2 heterocycles. The molecule has 1 saturated heterocycles. The minimum Gasteiger partial charge on any atom is -0.360 e. The van der Waals surface area contributed by atoms with E-state index in [2.05, 4.69) is 32.9 Å². The molecule has 0 N–H and O–H groups in total. The Morgan fingerprint density at radius 1 is 1.27 bits per heavy atom. The van der Waals surface area contributed by atoms with Crippen molar-refractivity contribution in [2.45, 2.75) is 72.3 Å². The van der Waals surface area contributed by atoms with Crippen LogP contribution in [0.15, 0.2) is 4.52 Å². The molecule has 22 heavy (non-hydrogen) atoms. The van der Waals surface area contributed by atoms with Gasteiger partial charge in [-0.25, -0.2) is 0 Å². The van der Waals surface area contributed by atoms with Crippen molar-refractivity contribution in [3.8, 4) is 0 Å². The fourth-order valence-corrected chi connectivity index (χ4v) is 3.85. The third-order valence-corrected chi connectivity index (χ3v) is 5.53. The molecule has 4 heteroatoms. The highest BCUT2D eigenvalue weighted by Crippen LogP contribution is 2.38. The summed E-state index contributed by atoms with van der Waals surface area (Å²) in [7, 11) is 0. The highest BCUT2D eigenvalue weighted by atomic mass is 16.5. The number of aromatic nitrogens is 1. The molecule has 1 fully saturated rings. The molecule has 4 nitrogen and oxygen atoms in total. The van der Waals surface area contributed by atoms with Crippen LogP contribution in [0.3, 0.4) is 0 Å². The quantitative estimate of drug-likeness (QED) is 0.792. The van der Waals surface area contributed by atoms with Crippen LogP contribution in [0.25, 0.3) is 0 Å². The van der Waals surface area contributed by atoms with Gasteiger partial charge >= 0.3 is 0 Å². The largest absolute Gasteiger partial charge is 0.360 e. The number of amides is 1. The summed E-state index contributed by atoms with van der Waals surface area (Å²) in [4.78, 5) is 14.9. The topological polar surface area (TPSA) is 46.3 Å². The van der Waals surface area contributed by atoms with Crippen LogP contribution in [0.1, 0.15) is 75.2 Å². The summed E-state index contributed by atoms with van der Waals surface area (Å²) in [5.74, 6) is 1.60. The van der Waals surface area contributed by atoms with Crippen LogP contribution in [-0.4, -0.2) is 28.6 Å². The molecule has 0 saturated carbocycles. The zero-order chi connectivity index (χ0) is 15.9. The smallest absolute Gasteiger partial charge is 0.276 e. The molecule has 1 aromatic heterocycles. The number of hydrogen-bond donors (Lipinski definition) is 0. The van der Waals surface area contributed by atoms with Gasteiger partial charge in [-0.15, -0.1) is 0 Å². The first-order chi connectivity index (χ1) is 10.4. The van der Waals surface area contributed by atoms with Gasteiger partial charge in [0.1, 0.15) is 5.76 Å². The van der Waals surface area contributed by atoms with Gasteiger partial charge in [-0.05, 0) is 50.4 Å². The van der Waals surface area contributed by atoms with E-state index in [0.717, 1.165) is 50.0 Å². The SMILES string of the molecule is C[C@H]1CCCCN1C(=O)c1noc2c1C[C@@H](C(C)(C)C)CC2. The maximum atomic E-state index is 12.9. The fraction of sp³-hybridized carbons (Fsp3) is 0.778. The molecule has 0 aromatic carbocycles. The van der Waals surface area contributed by atoms with Crippen LogP contribution in [0.5, 0.6) is 0 Å². The third-order valence-electron chi connectivity index (χ3n) is 5.53. The van der Waals surface area contributed by atoms with Crippen molar-refractivity contribution < 1.29 is 9.32 Å². The Morgan fingerprint density at radius 2 is 2.05 bits per heavy atom. The van der Waals surface area contributed by atoms with E-state index < -0.39 is 0 Å². The van der Waals surface area contributed by atoms with E-state index in [-0.39, 0.29) is 11.3 Å². The molecule has 1 aliphatic carbocycles. The molecular weight excluding hydrogens is 276 g/mol. The average molecular weight is 304 g/mol. The van der Waals surface area contributed by atoms with Crippen molar-refractivity contribution in [1.29, 1.82) is 0 Å². The number of aryl methyl sites for hydroxylation is 1. The molecule has 0 radical (unpaired) electrons. The number of piperidine rings is 1. The van der Waals surface area contributed by atoms with E-state index in [1.165, 1.54) is 6.42 Å². The lowest BCUT2D eigenvalue weighted by Crippen LogP contribution is -2.42. The van der Waals surface area contributed by atoms with Crippen LogP contribution >= 0.6 is 0 Å². The summed E-state index contributed by atoms with van der Waals surface area (Å²) in [6, 6.07) is 0.315. The zero-order valence-electron chi connectivity index (χ0n) is 14.3. The molecule has 122 valence electrons. The number of hydrogen-bond acceptors (Lipinski definition) is 3. The first kappa shape index (κ1) is 15.6. The lowest BCUT2D eigenvalue weighted by molar-refractivity contribution is 0.0623. The summed E-state index contributed by atoms with van der Waals surface area (Å²) in [6.45, 7) is 9.84. The van der Waals surface area contributed by atoms with Crippen molar-refractivity contribution in [3.05, 3.63) is 17.0 Å². The molecule has 1 aromatic rings. The van der Waals surface area contributed by atoms with Gasteiger partial charge in [0.15, 0.2) is 5.69 Å². The van der Waals surface area contributed by atoms with E-state index in [9.17, 15) is 4.79 Å². The number of rotatable bonds is 1. The van der Waals surface area contributed by atoms with Gasteiger partial charge < -0.3 is 9.42 Å². The Morgan fingerprint density at radius 3 is 2.73 bits per heavy atom. The molecule has 0 bridgehead atoms. The monoisotopic (exact) mass is 304 g/mol. The predicted octanol–water partition coefficient (Wildman–Crippen LogP) is 3.84. The van der Waals surface area contributed by atoms with Gasteiger partial charge in [-0.1, -0.05) is 25.9 Å². The van der Waals surface area contributed by atoms with E-state index in [1.54, 1.807) is 0 Å². The second kappa shape index (κ2) is 5.71. The van der Waals surface area contributed by atoms with Crippen LogP contribution in [0.2, 0.25) is 0 Å². The summed E-state index contributed by atoms with van der Waals surface area (Å²) < 4.78 is 5.50. The van der Waals surface area contributed by atoms with Gasteiger partial charge in [0.2, 0.25) is 0 Å². The Hall–Kier alpha value is -1.32. The molecule has 0 unspecified atom stereocenters. The lowest BCUT2D eigenvalue weighted by Gasteiger charge is -2.35. The molecule has 2 atom stereocenters. The number of fused-ring (bicyclic) bond motifs is 1. The molecule has 1 aliphatic heterocycles. The normalized spacial score (nSPS) is 25.9. The second-order valence-electron chi connectivity index (χ2n) is 8.08. The van der Waals surface area contributed by atoms with Crippen molar-refractivity contribution >= 4 is 5.91 Å². The number of nitrogens with zero attached hydrogens (tertiary/aromatic N) is 2. The predicted molar refractivity (Wildman–Crippen MR) is 85.8 cm³/mol. The first-order valence-electron chi connectivity index (χ1n) is 8.66. The lowest BCUT2D eigenvalue weighted by atomic mass is 9.71. The molecule has 3 rings (SSSR count). The first-order valence-corrected chi connectivity index (χ1v) is 8.66. The van der Waals surface area contributed by atoms with E-state index in [0.29, 0.717) is 17.7 Å². The van der Waals surface area contributed by atoms with Crippen molar-refractivity contribution in [3.63, 3.8) is 0 Å². The van der Waals surface area contributed by atoms with E-state index in [1.807, 2.05) is 4.90 Å². The number of likely N-dealkylation sites (tertiary alicyclic amines) is 1. The maximum Gasteiger partial charge on any atom is 0.276 e. The second-order valence-corrected chi connectivity index (χ2v) is 8.08. The minimum atomic E-state index is 0.0757. The summed E-state index contributed by atoms with van der Waals surface area (Å²) in [5.41, 5.74) is 1.92. The van der Waals surface area contributed by atoms with Crippen LogP contribution < -0.4 is 0 Å². The fourth-order valence-electron chi connectivity index (χ4n) is 3.85. The maximum absolute atomic E-state index is 12.9. The van der Waals surface area contributed by atoms with Crippen molar-refractivity contribution in [1.82, 2.24) is 10.1 Å². The molecular formula is C18H28N2O2. The van der Waals surface area contributed by atoms with Gasteiger partial charge in [0.25, 0.3) is 5.91 Å². The number of carbonyl (C=O) groups is 1. The Bertz CT molecular complexity index is 556. The van der Waals surface area contributed by atoms with Gasteiger partial charge in [-0.3, -0.25) is 4.79 Å². The highest BCUT2D eigenvalue weighted by Gasteiger charge is 2.36. The summed E-state index contributed by atoms with van der Waals surface area (Å²) in [6.07, 6.45) is 6.36. The van der Waals surface area contributed by atoms with Crippen LogP contribution in [0, 0.1) is 11.3 Å².